The molecule has 0 radical (unpaired) electrons. The van der Waals surface area contributed by atoms with E-state index in [4.69, 9.17) is 16.3 Å². The Morgan fingerprint density at radius 3 is 2.48 bits per heavy atom. The van der Waals surface area contributed by atoms with Crippen molar-refractivity contribution >= 4 is 35.0 Å². The lowest BCUT2D eigenvalue weighted by atomic mass is 9.76. The first-order valence-corrected chi connectivity index (χ1v) is 10.9. The van der Waals surface area contributed by atoms with Crippen molar-refractivity contribution in [2.75, 3.05) is 24.7 Å². The fourth-order valence-corrected chi connectivity index (χ4v) is 5.11. The number of ether oxygens (including phenoxy) is 1. The number of halogens is 1. The van der Waals surface area contributed by atoms with Gasteiger partial charge in [0.25, 0.3) is 0 Å². The van der Waals surface area contributed by atoms with Crippen LogP contribution in [0.5, 0.6) is 0 Å². The predicted molar refractivity (Wildman–Crippen MR) is 117 cm³/mol. The molecule has 3 saturated heterocycles. The summed E-state index contributed by atoms with van der Waals surface area (Å²) in [7, 11) is 0. The van der Waals surface area contributed by atoms with E-state index in [9.17, 15) is 14.4 Å². The van der Waals surface area contributed by atoms with Gasteiger partial charge in [-0.2, -0.15) is 0 Å². The molecular formula is C24H23ClN2O4. The number of imide groups is 1. The molecule has 3 aliphatic rings. The molecule has 0 saturated carbocycles. The van der Waals surface area contributed by atoms with E-state index in [0.717, 1.165) is 28.8 Å². The highest BCUT2D eigenvalue weighted by molar-refractivity contribution is 6.34. The summed E-state index contributed by atoms with van der Waals surface area (Å²) in [5.41, 5.74) is 3.40. The number of piperidine rings is 2. The van der Waals surface area contributed by atoms with E-state index in [1.807, 2.05) is 47.4 Å². The normalized spacial score (nSPS) is 22.9. The summed E-state index contributed by atoms with van der Waals surface area (Å²) < 4.78 is 5.32. The predicted octanol–water partition coefficient (Wildman–Crippen LogP) is 3.67. The van der Waals surface area contributed by atoms with E-state index in [2.05, 4.69) is 5.32 Å². The highest BCUT2D eigenvalue weighted by Crippen LogP contribution is 2.41. The highest BCUT2D eigenvalue weighted by Gasteiger charge is 2.45. The first-order chi connectivity index (χ1) is 15.0. The van der Waals surface area contributed by atoms with Crippen LogP contribution in [0.4, 0.5) is 5.69 Å². The molecule has 31 heavy (non-hydrogen) atoms. The van der Waals surface area contributed by atoms with Crippen molar-refractivity contribution in [3.8, 4) is 11.1 Å². The van der Waals surface area contributed by atoms with Crippen LogP contribution >= 0.6 is 11.6 Å². The molecule has 1 N–H and O–H groups in total. The van der Waals surface area contributed by atoms with Gasteiger partial charge >= 0.3 is 0 Å². The fourth-order valence-electron chi connectivity index (χ4n) is 4.74. The van der Waals surface area contributed by atoms with Crippen molar-refractivity contribution in [3.63, 3.8) is 0 Å². The second-order valence-electron chi connectivity index (χ2n) is 8.72. The Bertz CT molecular complexity index is 1060. The molecule has 6 nitrogen and oxygen atoms in total. The van der Waals surface area contributed by atoms with Crippen LogP contribution in [0.2, 0.25) is 5.02 Å². The van der Waals surface area contributed by atoms with E-state index in [1.54, 1.807) is 0 Å². The Morgan fingerprint density at radius 2 is 1.84 bits per heavy atom. The number of hydrogen-bond acceptors (Lipinski definition) is 4. The molecule has 1 atom stereocenters. The maximum Gasteiger partial charge on any atom is 0.234 e. The second kappa shape index (κ2) is 7.77. The molecule has 1 spiro atoms. The topological polar surface area (TPSA) is 75.7 Å². The molecule has 2 aromatic carbocycles. The second-order valence-corrected chi connectivity index (χ2v) is 9.10. The molecule has 3 heterocycles. The number of amides is 3. The average molecular weight is 439 g/mol. The van der Waals surface area contributed by atoms with E-state index in [1.165, 1.54) is 0 Å². The van der Waals surface area contributed by atoms with Gasteiger partial charge in [-0.3, -0.25) is 19.7 Å². The average Bonchev–Trinajstić information content (AvgIpc) is 2.73. The summed E-state index contributed by atoms with van der Waals surface area (Å²) in [6, 6.07) is 13.4. The van der Waals surface area contributed by atoms with Gasteiger partial charge in [-0.1, -0.05) is 41.9 Å². The first-order valence-electron chi connectivity index (χ1n) is 10.6. The molecule has 3 amide bonds. The van der Waals surface area contributed by atoms with Crippen LogP contribution in [-0.2, 0) is 19.1 Å². The number of hydrogen-bond donors (Lipinski definition) is 1. The molecule has 5 rings (SSSR count). The van der Waals surface area contributed by atoms with Crippen molar-refractivity contribution in [2.24, 2.45) is 5.41 Å². The molecule has 7 heteroatoms. The van der Waals surface area contributed by atoms with E-state index in [0.29, 0.717) is 44.0 Å². The molecule has 2 aromatic rings. The molecule has 0 aliphatic carbocycles. The van der Waals surface area contributed by atoms with Gasteiger partial charge in [0.2, 0.25) is 17.7 Å². The van der Waals surface area contributed by atoms with E-state index < -0.39 is 5.92 Å². The maximum atomic E-state index is 12.7. The number of rotatable bonds is 3. The fraction of sp³-hybridized carbons (Fsp3) is 0.375. The Morgan fingerprint density at radius 1 is 1.06 bits per heavy atom. The third-order valence-corrected chi connectivity index (χ3v) is 7.06. The quantitative estimate of drug-likeness (QED) is 0.742. The van der Waals surface area contributed by atoms with Crippen LogP contribution in [-0.4, -0.2) is 37.5 Å². The van der Waals surface area contributed by atoms with Gasteiger partial charge in [0.15, 0.2) is 0 Å². The van der Waals surface area contributed by atoms with Crippen molar-refractivity contribution in [1.82, 2.24) is 5.32 Å². The van der Waals surface area contributed by atoms with Crippen LogP contribution in [0, 0.1) is 5.41 Å². The van der Waals surface area contributed by atoms with Crippen molar-refractivity contribution in [2.45, 2.75) is 31.6 Å². The summed E-state index contributed by atoms with van der Waals surface area (Å²) in [4.78, 5) is 38.3. The van der Waals surface area contributed by atoms with Gasteiger partial charge in [0.05, 0.1) is 24.2 Å². The lowest BCUT2D eigenvalue weighted by Crippen LogP contribution is -2.53. The third kappa shape index (κ3) is 3.64. The SMILES string of the molecule is O=C1CCC(c2cccc(-c3ccc(N4CCC5(COC5)CC4=O)cc3)c2Cl)C(=O)N1. The van der Waals surface area contributed by atoms with Crippen LogP contribution < -0.4 is 10.2 Å². The Hall–Kier alpha value is -2.70. The number of nitrogens with zero attached hydrogens (tertiary/aromatic N) is 1. The molecule has 0 aromatic heterocycles. The van der Waals surface area contributed by atoms with Gasteiger partial charge in [0.1, 0.15) is 0 Å². The van der Waals surface area contributed by atoms with Crippen molar-refractivity contribution in [1.29, 1.82) is 0 Å². The Kier molecular flexibility index (Phi) is 5.07. The highest BCUT2D eigenvalue weighted by atomic mass is 35.5. The number of carbonyl (C=O) groups excluding carboxylic acids is 3. The molecule has 0 bridgehead atoms. The smallest absolute Gasteiger partial charge is 0.234 e. The monoisotopic (exact) mass is 438 g/mol. The van der Waals surface area contributed by atoms with Gasteiger partial charge in [-0.05, 0) is 36.1 Å². The number of anilines is 1. The minimum absolute atomic E-state index is 0.0531. The zero-order valence-electron chi connectivity index (χ0n) is 17.0. The third-order valence-electron chi connectivity index (χ3n) is 6.64. The molecule has 3 fully saturated rings. The zero-order valence-corrected chi connectivity index (χ0v) is 17.8. The minimum atomic E-state index is -0.432. The minimum Gasteiger partial charge on any atom is -0.380 e. The summed E-state index contributed by atoms with van der Waals surface area (Å²) in [5.74, 6) is -0.839. The van der Waals surface area contributed by atoms with E-state index >= 15 is 0 Å². The lowest BCUT2D eigenvalue weighted by molar-refractivity contribution is -0.148. The molecule has 160 valence electrons. The zero-order chi connectivity index (χ0) is 21.6. The maximum absolute atomic E-state index is 12.7. The van der Waals surface area contributed by atoms with Crippen LogP contribution in [0.3, 0.4) is 0 Å². The van der Waals surface area contributed by atoms with Crippen molar-refractivity contribution < 1.29 is 19.1 Å². The Balaban J connectivity index is 1.37. The van der Waals surface area contributed by atoms with Gasteiger partial charge in [-0.25, -0.2) is 0 Å². The molecular weight excluding hydrogens is 416 g/mol. The van der Waals surface area contributed by atoms with Gasteiger partial charge < -0.3 is 9.64 Å². The number of nitrogens with one attached hydrogen (secondary N) is 1. The summed E-state index contributed by atoms with van der Waals surface area (Å²) in [6.07, 6.45) is 2.26. The first kappa shape index (κ1) is 20.2. The number of benzene rings is 2. The summed E-state index contributed by atoms with van der Waals surface area (Å²) >= 11 is 6.70. The number of carbonyl (C=O) groups is 3. The molecule has 3 aliphatic heterocycles. The summed E-state index contributed by atoms with van der Waals surface area (Å²) in [6.45, 7) is 2.08. The van der Waals surface area contributed by atoms with Crippen LogP contribution in [0.15, 0.2) is 42.5 Å². The molecule has 1 unspecified atom stereocenters. The Labute approximate surface area is 185 Å². The van der Waals surface area contributed by atoms with Gasteiger partial charge in [-0.15, -0.1) is 0 Å². The lowest BCUT2D eigenvalue weighted by Gasteiger charge is -2.46. The van der Waals surface area contributed by atoms with Crippen molar-refractivity contribution in [3.05, 3.63) is 53.1 Å². The summed E-state index contributed by atoms with van der Waals surface area (Å²) in [5, 5.41) is 2.91. The van der Waals surface area contributed by atoms with Crippen LogP contribution in [0.1, 0.15) is 37.2 Å². The van der Waals surface area contributed by atoms with Gasteiger partial charge in [0, 0.05) is 36.1 Å². The van der Waals surface area contributed by atoms with E-state index in [-0.39, 0.29) is 23.1 Å². The van der Waals surface area contributed by atoms with Crippen LogP contribution in [0.25, 0.3) is 11.1 Å². The largest absolute Gasteiger partial charge is 0.380 e. The standard InChI is InChI=1S/C24H23ClN2O4/c25-22-17(2-1-3-18(22)19-8-9-20(28)26-23(19)30)15-4-6-16(7-5-15)27-11-10-24(12-21(27)29)13-31-14-24/h1-7,19H,8-14H2,(H,26,28,30).